The van der Waals surface area contributed by atoms with Crippen LogP contribution in [-0.2, 0) is 57.0 Å². The number of phosphoric acid groups is 1. The first-order valence-corrected chi connectivity index (χ1v) is 17.6. The van der Waals surface area contributed by atoms with E-state index in [1.807, 2.05) is 12.1 Å². The molecule has 9 nitrogen and oxygen atoms in total. The number of ether oxygens (including phenoxy) is 3. The summed E-state index contributed by atoms with van der Waals surface area (Å²) in [6.07, 6.45) is 5.71. The predicted molar refractivity (Wildman–Crippen MR) is 187 cm³/mol. The fourth-order valence-corrected chi connectivity index (χ4v) is 6.13. The Morgan fingerprint density at radius 2 is 1.64 bits per heavy atom. The fourth-order valence-electron chi connectivity index (χ4n) is 4.47. The third-order valence-electron chi connectivity index (χ3n) is 7.23. The van der Waals surface area contributed by atoms with Crippen molar-refractivity contribution in [1.82, 2.24) is 0 Å². The van der Waals surface area contributed by atoms with Crippen molar-refractivity contribution in [2.24, 2.45) is 0 Å². The lowest BCUT2D eigenvalue weighted by Gasteiger charge is -2.27. The monoisotopic (exact) mass is 744 g/mol. The van der Waals surface area contributed by atoms with Crippen LogP contribution >= 0.6 is 31.0 Å². The van der Waals surface area contributed by atoms with Crippen molar-refractivity contribution in [1.29, 1.82) is 0 Å². The second-order valence-electron chi connectivity index (χ2n) is 11.0. The van der Waals surface area contributed by atoms with Gasteiger partial charge in [-0.25, -0.2) is 13.8 Å². The zero-order valence-electron chi connectivity index (χ0n) is 27.4. The van der Waals surface area contributed by atoms with Gasteiger partial charge in [-0.15, -0.1) is 6.42 Å². The highest BCUT2D eigenvalue weighted by molar-refractivity contribution is 7.48. The maximum absolute atomic E-state index is 15.1. The maximum Gasteiger partial charge on any atom is 0.475 e. The van der Waals surface area contributed by atoms with E-state index in [0.29, 0.717) is 27.3 Å². The van der Waals surface area contributed by atoms with Crippen LogP contribution in [0.1, 0.15) is 35.6 Å². The molecule has 0 saturated heterocycles. The smallest absolute Gasteiger partial charge is 0.475 e. The van der Waals surface area contributed by atoms with E-state index in [4.69, 9.17) is 57.4 Å². The molecular weight excluding hydrogens is 709 g/mol. The van der Waals surface area contributed by atoms with E-state index in [9.17, 15) is 14.5 Å². The Bertz CT molecular complexity index is 1760. The number of hydrogen-bond donors (Lipinski definition) is 1. The third-order valence-corrected chi connectivity index (χ3v) is 9.32. The number of phosphoric ester groups is 1. The molecule has 50 heavy (non-hydrogen) atoms. The third kappa shape index (κ3) is 11.0. The van der Waals surface area contributed by atoms with E-state index in [1.54, 1.807) is 74.5 Å². The molecule has 1 aliphatic heterocycles. The van der Waals surface area contributed by atoms with Gasteiger partial charge in [-0.1, -0.05) is 95.9 Å². The Balaban J connectivity index is 1.62. The molecule has 0 aromatic heterocycles. The summed E-state index contributed by atoms with van der Waals surface area (Å²) in [5, 5.41) is 11.0. The summed E-state index contributed by atoms with van der Waals surface area (Å²) in [6, 6.07) is 20.8. The SMILES string of the molecule is C#C/C(C)=C\C=C(\Cl)CCOC1=C(OCc2c(Cl)ccc(C)c2F)C([C@H](CO)OP(=O)(OCc2ccccc2)OCc2ccccc2)OC1=O. The zero-order chi connectivity index (χ0) is 36.1. The number of cyclic esters (lactones) is 1. The molecule has 0 radical (unpaired) electrons. The number of aliphatic hydroxyl groups excluding tert-OH is 1. The molecule has 0 saturated carbocycles. The Hall–Kier alpha value is -3.91. The van der Waals surface area contributed by atoms with Gasteiger partial charge in [0.15, 0.2) is 11.9 Å². The van der Waals surface area contributed by atoms with Gasteiger partial charge in [0.2, 0.25) is 5.76 Å². The highest BCUT2D eigenvalue weighted by atomic mass is 35.5. The van der Waals surface area contributed by atoms with E-state index >= 15 is 4.39 Å². The van der Waals surface area contributed by atoms with Crippen LogP contribution < -0.4 is 0 Å². The summed E-state index contributed by atoms with van der Waals surface area (Å²) in [5.74, 6) is 0.247. The van der Waals surface area contributed by atoms with Crippen LogP contribution in [0.3, 0.4) is 0 Å². The lowest BCUT2D eigenvalue weighted by Crippen LogP contribution is -2.35. The van der Waals surface area contributed by atoms with Gasteiger partial charge in [-0.05, 0) is 54.3 Å². The predicted octanol–water partition coefficient (Wildman–Crippen LogP) is 8.47. The molecule has 1 heterocycles. The second-order valence-corrected chi connectivity index (χ2v) is 13.5. The minimum atomic E-state index is -4.49. The van der Waals surface area contributed by atoms with E-state index in [1.165, 1.54) is 12.1 Å². The van der Waals surface area contributed by atoms with Crippen LogP contribution in [0.2, 0.25) is 5.02 Å². The normalized spacial score (nSPS) is 15.9. The number of carbonyl (C=O) groups is 1. The average Bonchev–Trinajstić information content (AvgIpc) is 3.44. The molecule has 3 aromatic carbocycles. The molecule has 13 heteroatoms. The first kappa shape index (κ1) is 38.9. The average molecular weight is 746 g/mol. The van der Waals surface area contributed by atoms with Gasteiger partial charge in [0, 0.05) is 17.0 Å². The number of esters is 1. The Labute approximate surface area is 300 Å². The van der Waals surface area contributed by atoms with Crippen molar-refractivity contribution in [2.45, 2.75) is 52.3 Å². The molecular formula is C37H36Cl2FO9P. The molecule has 4 rings (SSSR count). The summed E-state index contributed by atoms with van der Waals surface area (Å²) in [7, 11) is -4.49. The molecule has 0 amide bonds. The van der Waals surface area contributed by atoms with Crippen molar-refractivity contribution >= 4 is 37.0 Å². The minimum absolute atomic E-state index is 0.00258. The number of benzene rings is 3. The van der Waals surface area contributed by atoms with E-state index < -0.39 is 45.0 Å². The number of aryl methyl sites for hydroxylation is 1. The van der Waals surface area contributed by atoms with Crippen LogP contribution in [0.25, 0.3) is 0 Å². The van der Waals surface area contributed by atoms with Gasteiger partial charge in [-0.2, -0.15) is 0 Å². The van der Waals surface area contributed by atoms with Crippen LogP contribution in [0.15, 0.2) is 107 Å². The number of hydrogen-bond acceptors (Lipinski definition) is 9. The van der Waals surface area contributed by atoms with Crippen LogP contribution in [-0.4, -0.2) is 36.5 Å². The van der Waals surface area contributed by atoms with Crippen molar-refractivity contribution in [3.8, 4) is 12.3 Å². The molecule has 0 aliphatic carbocycles. The summed E-state index contributed by atoms with van der Waals surface area (Å²) in [5.41, 5.74) is 2.30. The lowest BCUT2D eigenvalue weighted by atomic mass is 10.1. The molecule has 0 bridgehead atoms. The Morgan fingerprint density at radius 1 is 1.02 bits per heavy atom. The maximum atomic E-state index is 15.1. The molecule has 1 unspecified atom stereocenters. The quantitative estimate of drug-likeness (QED) is 0.0594. The number of aliphatic hydroxyl groups is 1. The molecule has 1 N–H and O–H groups in total. The lowest BCUT2D eigenvalue weighted by molar-refractivity contribution is -0.148. The van der Waals surface area contributed by atoms with Crippen molar-refractivity contribution in [2.75, 3.05) is 13.2 Å². The first-order valence-electron chi connectivity index (χ1n) is 15.4. The van der Waals surface area contributed by atoms with Gasteiger partial charge < -0.3 is 19.3 Å². The van der Waals surface area contributed by atoms with Crippen molar-refractivity contribution in [3.05, 3.63) is 140 Å². The van der Waals surface area contributed by atoms with Crippen LogP contribution in [0, 0.1) is 25.1 Å². The van der Waals surface area contributed by atoms with Gasteiger partial charge in [0.1, 0.15) is 18.5 Å². The van der Waals surface area contributed by atoms with Gasteiger partial charge in [0.05, 0.1) is 31.5 Å². The highest BCUT2D eigenvalue weighted by Gasteiger charge is 2.46. The fraction of sp³-hybridized carbons (Fsp3) is 0.270. The second kappa shape index (κ2) is 18.9. The van der Waals surface area contributed by atoms with Crippen molar-refractivity contribution < 1.29 is 46.6 Å². The summed E-state index contributed by atoms with van der Waals surface area (Å²) < 4.78 is 63.7. The summed E-state index contributed by atoms with van der Waals surface area (Å²) in [6.45, 7) is 1.57. The van der Waals surface area contributed by atoms with Crippen molar-refractivity contribution in [3.63, 3.8) is 0 Å². The molecule has 264 valence electrons. The Morgan fingerprint density at radius 3 is 2.22 bits per heavy atom. The van der Waals surface area contributed by atoms with E-state index in [0.717, 1.165) is 0 Å². The van der Waals surface area contributed by atoms with E-state index in [2.05, 4.69) is 5.92 Å². The first-order chi connectivity index (χ1) is 24.0. The van der Waals surface area contributed by atoms with Gasteiger partial charge in [0.25, 0.3) is 0 Å². The number of carbonyl (C=O) groups excluding carboxylic acids is 1. The van der Waals surface area contributed by atoms with Gasteiger partial charge >= 0.3 is 13.8 Å². The summed E-state index contributed by atoms with van der Waals surface area (Å²) in [4.78, 5) is 13.2. The number of halogens is 3. The molecule has 1 aliphatic rings. The van der Waals surface area contributed by atoms with Crippen LogP contribution in [0.5, 0.6) is 0 Å². The van der Waals surface area contributed by atoms with Gasteiger partial charge in [-0.3, -0.25) is 13.6 Å². The standard InChI is InChI=1S/C37H36Cl2FO9P/c1-4-25(2)15-17-29(38)19-20-44-36-35(45-24-30-31(39)18-16-26(3)33(30)40)34(48-37(36)42)32(21-41)49-50(43,46-22-27-11-7-5-8-12-27)47-23-28-13-9-6-10-14-28/h1,5-18,32,34,41H,19-24H2,2-3H3/b25-15-,29-17+/t32-,34?/m0/s1. The minimum Gasteiger partial charge on any atom is -0.485 e. The molecule has 2 atom stereocenters. The zero-order valence-corrected chi connectivity index (χ0v) is 29.8. The number of terminal acetylenes is 1. The van der Waals surface area contributed by atoms with E-state index in [-0.39, 0.29) is 48.3 Å². The number of allylic oxidation sites excluding steroid dienone is 3. The Kier molecular flexibility index (Phi) is 14.7. The van der Waals surface area contributed by atoms with Crippen LogP contribution in [0.4, 0.5) is 4.39 Å². The topological polar surface area (TPSA) is 110 Å². The number of rotatable bonds is 18. The molecule has 0 fully saturated rings. The molecule has 0 spiro atoms. The summed E-state index contributed by atoms with van der Waals surface area (Å²) >= 11 is 12.6. The largest absolute Gasteiger partial charge is 0.485 e. The highest BCUT2D eigenvalue weighted by Crippen LogP contribution is 2.53. The molecule has 3 aromatic rings.